The van der Waals surface area contributed by atoms with Crippen LogP contribution in [-0.4, -0.2) is 20.4 Å². The fraction of sp³-hybridized carbons (Fsp3) is 0.333. The summed E-state index contributed by atoms with van der Waals surface area (Å²) < 4.78 is 7.84. The first-order valence-electron chi connectivity index (χ1n) is 7.41. The summed E-state index contributed by atoms with van der Waals surface area (Å²) in [7, 11) is 1.92. The van der Waals surface area contributed by atoms with Gasteiger partial charge < -0.3 is 4.74 Å². The molecule has 0 atom stereocenters. The zero-order valence-electron chi connectivity index (χ0n) is 13.7. The lowest BCUT2D eigenvalue weighted by Crippen LogP contribution is -2.23. The number of pyridine rings is 1. The summed E-state index contributed by atoms with van der Waals surface area (Å²) in [4.78, 5) is 4.56. The Hall–Kier alpha value is -2.36. The number of hydrogen-bond donors (Lipinski definition) is 0. The summed E-state index contributed by atoms with van der Waals surface area (Å²) in [5.41, 5.74) is 3.08. The minimum atomic E-state index is -0.278. The van der Waals surface area contributed by atoms with Crippen molar-refractivity contribution in [3.05, 3.63) is 42.4 Å². The highest BCUT2D eigenvalue weighted by molar-refractivity contribution is 6.00. The number of hydrogen-bond acceptors (Lipinski definition) is 3. The van der Waals surface area contributed by atoms with Gasteiger partial charge in [0.05, 0.1) is 6.20 Å². The van der Waals surface area contributed by atoms with Crippen LogP contribution >= 0.6 is 0 Å². The van der Waals surface area contributed by atoms with Gasteiger partial charge in [0.15, 0.2) is 0 Å². The second kappa shape index (κ2) is 5.13. The largest absolute Gasteiger partial charge is 0.471 e. The van der Waals surface area contributed by atoms with Gasteiger partial charge in [0.25, 0.3) is 0 Å². The second-order valence-corrected chi connectivity index (χ2v) is 6.59. The van der Waals surface area contributed by atoms with Gasteiger partial charge in [-0.1, -0.05) is 12.1 Å². The van der Waals surface area contributed by atoms with Gasteiger partial charge in [0, 0.05) is 36.0 Å². The van der Waals surface area contributed by atoms with Gasteiger partial charge >= 0.3 is 0 Å². The molecule has 114 valence electrons. The first kappa shape index (κ1) is 14.6. The Morgan fingerprint density at radius 1 is 1.14 bits per heavy atom. The molecule has 0 aliphatic carbocycles. The number of rotatable bonds is 2. The van der Waals surface area contributed by atoms with E-state index in [2.05, 4.69) is 29.1 Å². The minimum absolute atomic E-state index is 0.278. The molecule has 0 saturated carbocycles. The summed E-state index contributed by atoms with van der Waals surface area (Å²) in [5.74, 6) is 0.679. The first-order valence-corrected chi connectivity index (χ1v) is 7.41. The van der Waals surface area contributed by atoms with Gasteiger partial charge in [-0.3, -0.25) is 4.68 Å². The molecule has 4 heteroatoms. The highest BCUT2D eigenvalue weighted by Crippen LogP contribution is 2.35. The Labute approximate surface area is 130 Å². The Morgan fingerprint density at radius 2 is 1.91 bits per heavy atom. The summed E-state index contributed by atoms with van der Waals surface area (Å²) in [6.07, 6.45) is 5.76. The molecule has 0 N–H and O–H groups in total. The van der Waals surface area contributed by atoms with Crippen molar-refractivity contribution >= 4 is 10.8 Å². The van der Waals surface area contributed by atoms with Crippen molar-refractivity contribution in [3.8, 4) is 17.0 Å². The SMILES string of the molecule is Cc1cccc2c(OC(C)(C)C)ncc(-c3cnn(C)c3)c12. The third kappa shape index (κ3) is 2.69. The number of ether oxygens (including phenoxy) is 1. The van der Waals surface area contributed by atoms with E-state index in [-0.39, 0.29) is 5.60 Å². The molecule has 0 bridgehead atoms. The second-order valence-electron chi connectivity index (χ2n) is 6.59. The van der Waals surface area contributed by atoms with Crippen molar-refractivity contribution in [1.29, 1.82) is 0 Å². The van der Waals surface area contributed by atoms with Crippen molar-refractivity contribution in [2.75, 3.05) is 0 Å². The van der Waals surface area contributed by atoms with Crippen molar-refractivity contribution in [1.82, 2.24) is 14.8 Å². The van der Waals surface area contributed by atoms with E-state index in [0.29, 0.717) is 5.88 Å². The van der Waals surface area contributed by atoms with Crippen LogP contribution in [0.2, 0.25) is 0 Å². The predicted octanol–water partition coefficient (Wildman–Crippen LogP) is 4.12. The lowest BCUT2D eigenvalue weighted by Gasteiger charge is -2.22. The topological polar surface area (TPSA) is 39.9 Å². The van der Waals surface area contributed by atoms with Crippen molar-refractivity contribution in [2.24, 2.45) is 7.05 Å². The standard InChI is InChI=1S/C18H21N3O/c1-12-7-6-8-14-16(12)15(13-9-20-21(5)11-13)10-19-17(14)22-18(2,3)4/h6-11H,1-5H3. The Morgan fingerprint density at radius 3 is 2.55 bits per heavy atom. The van der Waals surface area contributed by atoms with Crippen LogP contribution in [0, 0.1) is 6.92 Å². The number of benzene rings is 1. The van der Waals surface area contributed by atoms with Crippen molar-refractivity contribution in [3.63, 3.8) is 0 Å². The normalized spacial score (nSPS) is 11.9. The molecule has 2 aromatic heterocycles. The summed E-state index contributed by atoms with van der Waals surface area (Å²) in [5, 5.41) is 6.48. The average Bonchev–Trinajstić information content (AvgIpc) is 2.85. The van der Waals surface area contributed by atoms with Crippen molar-refractivity contribution < 1.29 is 4.74 Å². The molecular weight excluding hydrogens is 274 g/mol. The molecule has 0 aliphatic rings. The molecule has 0 unspecified atom stereocenters. The molecule has 0 fully saturated rings. The molecule has 3 rings (SSSR count). The first-order chi connectivity index (χ1) is 10.3. The molecule has 2 heterocycles. The van der Waals surface area contributed by atoms with E-state index in [0.717, 1.165) is 16.5 Å². The van der Waals surface area contributed by atoms with E-state index < -0.39 is 0 Å². The van der Waals surface area contributed by atoms with Gasteiger partial charge in [-0.25, -0.2) is 4.98 Å². The smallest absolute Gasteiger partial charge is 0.221 e. The predicted molar refractivity (Wildman–Crippen MR) is 89.1 cm³/mol. The number of aryl methyl sites for hydroxylation is 2. The average molecular weight is 295 g/mol. The monoisotopic (exact) mass is 295 g/mol. The highest BCUT2D eigenvalue weighted by Gasteiger charge is 2.18. The van der Waals surface area contributed by atoms with Crippen molar-refractivity contribution in [2.45, 2.75) is 33.3 Å². The maximum absolute atomic E-state index is 6.03. The molecule has 0 radical (unpaired) electrons. The molecule has 0 amide bonds. The molecule has 22 heavy (non-hydrogen) atoms. The maximum atomic E-state index is 6.03. The lowest BCUT2D eigenvalue weighted by molar-refractivity contribution is 0.126. The third-order valence-electron chi connectivity index (χ3n) is 3.50. The van der Waals surface area contributed by atoms with E-state index >= 15 is 0 Å². The number of nitrogens with zero attached hydrogens (tertiary/aromatic N) is 3. The van der Waals surface area contributed by atoms with Crippen LogP contribution in [0.15, 0.2) is 36.8 Å². The Balaban J connectivity index is 2.26. The highest BCUT2D eigenvalue weighted by atomic mass is 16.5. The lowest BCUT2D eigenvalue weighted by atomic mass is 9.99. The van der Waals surface area contributed by atoms with E-state index in [9.17, 15) is 0 Å². The van der Waals surface area contributed by atoms with E-state index in [1.54, 1.807) is 4.68 Å². The molecule has 0 aliphatic heterocycles. The minimum Gasteiger partial charge on any atom is -0.471 e. The quantitative estimate of drug-likeness (QED) is 0.714. The van der Waals surface area contributed by atoms with Crippen LogP contribution < -0.4 is 4.74 Å². The van der Waals surface area contributed by atoms with Gasteiger partial charge in [-0.15, -0.1) is 0 Å². The summed E-state index contributed by atoms with van der Waals surface area (Å²) in [6.45, 7) is 8.21. The molecule has 0 spiro atoms. The molecule has 4 nitrogen and oxygen atoms in total. The molecule has 0 saturated heterocycles. The van der Waals surface area contributed by atoms with Gasteiger partial charge in [0.2, 0.25) is 5.88 Å². The fourth-order valence-electron chi connectivity index (χ4n) is 2.61. The van der Waals surface area contributed by atoms with E-state index in [1.807, 2.05) is 52.5 Å². The van der Waals surface area contributed by atoms with Crippen LogP contribution in [0.1, 0.15) is 26.3 Å². The molecule has 3 aromatic rings. The van der Waals surface area contributed by atoms with Gasteiger partial charge in [-0.05, 0) is 44.7 Å². The maximum Gasteiger partial charge on any atom is 0.221 e. The third-order valence-corrected chi connectivity index (χ3v) is 3.50. The summed E-state index contributed by atoms with van der Waals surface area (Å²) >= 11 is 0. The number of fused-ring (bicyclic) bond motifs is 1. The zero-order valence-corrected chi connectivity index (χ0v) is 13.7. The summed E-state index contributed by atoms with van der Waals surface area (Å²) in [6, 6.07) is 6.22. The van der Waals surface area contributed by atoms with Gasteiger partial charge in [-0.2, -0.15) is 5.10 Å². The molecular formula is C18H21N3O. The van der Waals surface area contributed by atoms with E-state index in [4.69, 9.17) is 4.74 Å². The van der Waals surface area contributed by atoms with Gasteiger partial charge in [0.1, 0.15) is 5.60 Å². The molecule has 1 aromatic carbocycles. The van der Waals surface area contributed by atoms with Crippen LogP contribution in [0.3, 0.4) is 0 Å². The van der Waals surface area contributed by atoms with Crippen LogP contribution in [0.4, 0.5) is 0 Å². The van der Waals surface area contributed by atoms with Crippen LogP contribution in [0.5, 0.6) is 5.88 Å². The Kier molecular flexibility index (Phi) is 3.39. The number of aromatic nitrogens is 3. The zero-order chi connectivity index (χ0) is 15.9. The van der Waals surface area contributed by atoms with E-state index in [1.165, 1.54) is 10.9 Å². The fourth-order valence-corrected chi connectivity index (χ4v) is 2.61. The van der Waals surface area contributed by atoms with Crippen LogP contribution in [0.25, 0.3) is 21.9 Å². The van der Waals surface area contributed by atoms with Crippen LogP contribution in [-0.2, 0) is 7.05 Å². The Bertz CT molecular complexity index is 828.